The second kappa shape index (κ2) is 9.34. The third kappa shape index (κ3) is 4.85. The first-order valence-electron chi connectivity index (χ1n) is 10.2. The SMILES string of the molecule is Cn1ccnc1OC(=O)NCC(=O)N1CCN(c2ccccc2-c2ccccc2)CC1. The van der Waals surface area contributed by atoms with Gasteiger partial charge in [-0.3, -0.25) is 4.79 Å². The Morgan fingerprint density at radius 1 is 1.00 bits per heavy atom. The maximum atomic E-state index is 12.5. The van der Waals surface area contributed by atoms with Gasteiger partial charge in [0.25, 0.3) is 0 Å². The number of hydrogen-bond acceptors (Lipinski definition) is 5. The van der Waals surface area contributed by atoms with Crippen LogP contribution in [0.3, 0.4) is 0 Å². The highest BCUT2D eigenvalue weighted by Crippen LogP contribution is 2.31. The topological polar surface area (TPSA) is 79.7 Å². The molecule has 1 fully saturated rings. The number of aromatic nitrogens is 2. The molecular formula is C23H25N5O3. The van der Waals surface area contributed by atoms with Crippen LogP contribution < -0.4 is 15.0 Å². The second-order valence-corrected chi connectivity index (χ2v) is 7.31. The molecule has 0 unspecified atom stereocenters. The van der Waals surface area contributed by atoms with E-state index in [2.05, 4.69) is 39.5 Å². The summed E-state index contributed by atoms with van der Waals surface area (Å²) in [4.78, 5) is 32.4. The average Bonchev–Trinajstić information content (AvgIpc) is 3.22. The molecular weight excluding hydrogens is 394 g/mol. The van der Waals surface area contributed by atoms with Crippen LogP contribution in [0.15, 0.2) is 67.0 Å². The van der Waals surface area contributed by atoms with Gasteiger partial charge in [0.1, 0.15) is 6.54 Å². The second-order valence-electron chi connectivity index (χ2n) is 7.31. The summed E-state index contributed by atoms with van der Waals surface area (Å²) in [5, 5.41) is 2.50. The van der Waals surface area contributed by atoms with E-state index < -0.39 is 6.09 Å². The first-order chi connectivity index (χ1) is 15.1. The highest BCUT2D eigenvalue weighted by Gasteiger charge is 2.23. The molecule has 1 aromatic heterocycles. The number of carbonyl (C=O) groups is 2. The molecule has 0 atom stereocenters. The van der Waals surface area contributed by atoms with Crippen LogP contribution in [0.1, 0.15) is 0 Å². The van der Waals surface area contributed by atoms with E-state index in [0.717, 1.165) is 18.8 Å². The molecule has 1 aliphatic heterocycles. The lowest BCUT2D eigenvalue weighted by atomic mass is 10.0. The number of nitrogens with one attached hydrogen (secondary N) is 1. The Bertz CT molecular complexity index is 1040. The Balaban J connectivity index is 1.31. The van der Waals surface area contributed by atoms with Crippen molar-refractivity contribution in [2.45, 2.75) is 0 Å². The molecule has 0 spiro atoms. The first kappa shape index (κ1) is 20.5. The maximum Gasteiger partial charge on any atom is 0.415 e. The fraction of sp³-hybridized carbons (Fsp3) is 0.261. The number of imidazole rings is 1. The van der Waals surface area contributed by atoms with Crippen molar-refractivity contribution in [3.8, 4) is 17.1 Å². The van der Waals surface area contributed by atoms with Crippen LogP contribution >= 0.6 is 0 Å². The third-order valence-electron chi connectivity index (χ3n) is 5.31. The minimum absolute atomic E-state index is 0.107. The lowest BCUT2D eigenvalue weighted by molar-refractivity contribution is -0.130. The molecule has 1 saturated heterocycles. The summed E-state index contributed by atoms with van der Waals surface area (Å²) in [5.41, 5.74) is 3.52. The molecule has 0 radical (unpaired) electrons. The number of anilines is 1. The molecule has 160 valence electrons. The summed E-state index contributed by atoms with van der Waals surface area (Å²) >= 11 is 0. The minimum atomic E-state index is -0.696. The summed E-state index contributed by atoms with van der Waals surface area (Å²) in [6, 6.07) is 18.8. The quantitative estimate of drug-likeness (QED) is 0.688. The molecule has 8 heteroatoms. The Morgan fingerprint density at radius 3 is 2.42 bits per heavy atom. The van der Waals surface area contributed by atoms with Crippen LogP contribution in [0.5, 0.6) is 6.01 Å². The number of amides is 2. The van der Waals surface area contributed by atoms with Gasteiger partial charge in [-0.2, -0.15) is 0 Å². The highest BCUT2D eigenvalue weighted by molar-refractivity contribution is 5.83. The number of aryl methyl sites for hydroxylation is 1. The zero-order valence-corrected chi connectivity index (χ0v) is 17.4. The number of rotatable bonds is 5. The Kier molecular flexibility index (Phi) is 6.16. The fourth-order valence-electron chi connectivity index (χ4n) is 3.64. The van der Waals surface area contributed by atoms with Crippen LogP contribution in [-0.4, -0.2) is 59.2 Å². The normalized spacial score (nSPS) is 13.7. The molecule has 31 heavy (non-hydrogen) atoms. The van der Waals surface area contributed by atoms with Gasteiger partial charge in [-0.25, -0.2) is 9.78 Å². The average molecular weight is 419 g/mol. The maximum absolute atomic E-state index is 12.5. The highest BCUT2D eigenvalue weighted by atomic mass is 16.6. The van der Waals surface area contributed by atoms with E-state index in [1.54, 1.807) is 22.7 Å². The number of benzene rings is 2. The fourth-order valence-corrected chi connectivity index (χ4v) is 3.64. The van der Waals surface area contributed by atoms with E-state index in [9.17, 15) is 9.59 Å². The van der Waals surface area contributed by atoms with Crippen molar-refractivity contribution < 1.29 is 14.3 Å². The van der Waals surface area contributed by atoms with E-state index in [-0.39, 0.29) is 18.5 Å². The molecule has 3 aromatic rings. The van der Waals surface area contributed by atoms with Crippen molar-refractivity contribution in [1.29, 1.82) is 0 Å². The molecule has 0 bridgehead atoms. The minimum Gasteiger partial charge on any atom is -0.375 e. The predicted octanol–water partition coefficient (Wildman–Crippen LogP) is 2.52. The molecule has 0 saturated carbocycles. The van der Waals surface area contributed by atoms with Gasteiger partial charge in [0.15, 0.2) is 0 Å². The van der Waals surface area contributed by atoms with Crippen molar-refractivity contribution in [2.75, 3.05) is 37.6 Å². The number of ether oxygens (including phenoxy) is 1. The van der Waals surface area contributed by atoms with Crippen molar-refractivity contribution in [3.63, 3.8) is 0 Å². The zero-order valence-electron chi connectivity index (χ0n) is 17.4. The number of para-hydroxylation sites is 1. The number of nitrogens with zero attached hydrogens (tertiary/aromatic N) is 4. The molecule has 0 aliphatic carbocycles. The molecule has 2 amide bonds. The van der Waals surface area contributed by atoms with Gasteiger partial charge < -0.3 is 24.4 Å². The summed E-state index contributed by atoms with van der Waals surface area (Å²) in [7, 11) is 1.72. The van der Waals surface area contributed by atoms with Gasteiger partial charge in [0, 0.05) is 56.9 Å². The van der Waals surface area contributed by atoms with Crippen molar-refractivity contribution >= 4 is 17.7 Å². The van der Waals surface area contributed by atoms with Crippen LogP contribution in [-0.2, 0) is 11.8 Å². The van der Waals surface area contributed by atoms with Crippen LogP contribution in [0, 0.1) is 0 Å². The first-order valence-corrected chi connectivity index (χ1v) is 10.2. The Hall–Kier alpha value is -3.81. The van der Waals surface area contributed by atoms with Crippen LogP contribution in [0.25, 0.3) is 11.1 Å². The molecule has 8 nitrogen and oxygen atoms in total. The lowest BCUT2D eigenvalue weighted by Crippen LogP contribution is -2.51. The summed E-state index contributed by atoms with van der Waals surface area (Å²) in [6.45, 7) is 2.54. The van der Waals surface area contributed by atoms with Gasteiger partial charge in [-0.05, 0) is 11.6 Å². The standard InChI is InChI=1S/C23H25N5O3/c1-26-12-11-24-22(26)31-23(30)25-17-21(29)28-15-13-27(14-16-28)20-10-6-5-9-19(20)18-7-3-2-4-8-18/h2-12H,13-17H2,1H3,(H,25,30). The van der Waals surface area contributed by atoms with E-state index >= 15 is 0 Å². The molecule has 1 N–H and O–H groups in total. The summed E-state index contributed by atoms with van der Waals surface area (Å²) < 4.78 is 6.65. The van der Waals surface area contributed by atoms with E-state index in [0.29, 0.717) is 13.1 Å². The largest absolute Gasteiger partial charge is 0.415 e. The summed E-state index contributed by atoms with van der Waals surface area (Å²) in [6.07, 6.45) is 2.50. The van der Waals surface area contributed by atoms with Gasteiger partial charge in [-0.15, -0.1) is 0 Å². The van der Waals surface area contributed by atoms with Crippen molar-refractivity contribution in [3.05, 3.63) is 67.0 Å². The van der Waals surface area contributed by atoms with Crippen LogP contribution in [0.4, 0.5) is 10.5 Å². The smallest absolute Gasteiger partial charge is 0.375 e. The monoisotopic (exact) mass is 419 g/mol. The Labute approximate surface area is 181 Å². The van der Waals surface area contributed by atoms with E-state index in [1.807, 2.05) is 30.3 Å². The number of hydrogen-bond donors (Lipinski definition) is 1. The Morgan fingerprint density at radius 2 is 1.71 bits per heavy atom. The van der Waals surface area contributed by atoms with Crippen LogP contribution in [0.2, 0.25) is 0 Å². The van der Waals surface area contributed by atoms with Crippen molar-refractivity contribution in [2.24, 2.45) is 7.05 Å². The summed E-state index contributed by atoms with van der Waals surface area (Å²) in [5.74, 6) is -0.132. The molecule has 2 aromatic carbocycles. The number of piperazine rings is 1. The van der Waals surface area contributed by atoms with Gasteiger partial charge in [0.2, 0.25) is 5.91 Å². The number of carbonyl (C=O) groups excluding carboxylic acids is 2. The van der Waals surface area contributed by atoms with Gasteiger partial charge >= 0.3 is 12.1 Å². The van der Waals surface area contributed by atoms with Gasteiger partial charge in [0.05, 0.1) is 0 Å². The zero-order chi connectivity index (χ0) is 21.6. The van der Waals surface area contributed by atoms with E-state index in [1.165, 1.54) is 17.3 Å². The van der Waals surface area contributed by atoms with E-state index in [4.69, 9.17) is 4.74 Å². The van der Waals surface area contributed by atoms with Crippen molar-refractivity contribution in [1.82, 2.24) is 19.8 Å². The molecule has 4 rings (SSSR count). The van der Waals surface area contributed by atoms with Gasteiger partial charge in [-0.1, -0.05) is 48.5 Å². The molecule has 1 aliphatic rings. The molecule has 2 heterocycles. The predicted molar refractivity (Wildman–Crippen MR) is 118 cm³/mol. The lowest BCUT2D eigenvalue weighted by Gasteiger charge is -2.37. The third-order valence-corrected chi connectivity index (χ3v) is 5.31.